The second-order valence-electron chi connectivity index (χ2n) is 5.64. The molecule has 18 heavy (non-hydrogen) atoms. The molecule has 2 nitrogen and oxygen atoms in total. The van der Waals surface area contributed by atoms with Crippen LogP contribution in [0.1, 0.15) is 51.6 Å². The first-order chi connectivity index (χ1) is 8.44. The second kappa shape index (κ2) is 7.17. The lowest BCUT2D eigenvalue weighted by atomic mass is 10.0. The summed E-state index contributed by atoms with van der Waals surface area (Å²) in [6, 6.07) is 8.62. The third-order valence-corrected chi connectivity index (χ3v) is 3.91. The molecule has 0 aliphatic carbocycles. The van der Waals surface area contributed by atoms with E-state index in [0.717, 1.165) is 25.8 Å². The van der Waals surface area contributed by atoms with Crippen molar-refractivity contribution in [3.8, 4) is 0 Å². The molecule has 0 radical (unpaired) electrons. The average molecular weight is 266 g/mol. The zero-order valence-electron chi connectivity index (χ0n) is 11.8. The van der Waals surface area contributed by atoms with Gasteiger partial charge in [0.2, 0.25) is 0 Å². The van der Waals surface area contributed by atoms with Gasteiger partial charge in [0.05, 0.1) is 0 Å². The van der Waals surface area contributed by atoms with Crippen LogP contribution in [0.25, 0.3) is 0 Å². The van der Waals surface area contributed by atoms with Crippen LogP contribution in [0.5, 0.6) is 0 Å². The van der Waals surface area contributed by atoms with E-state index in [1.807, 2.05) is 11.8 Å². The molecule has 0 aliphatic rings. The molecule has 1 aromatic carbocycles. The highest BCUT2D eigenvalue weighted by Crippen LogP contribution is 2.36. The Kier molecular flexibility index (Phi) is 6.19. The Bertz CT molecular complexity index is 358. The maximum absolute atomic E-state index is 6.30. The van der Waals surface area contributed by atoms with Gasteiger partial charge in [-0.2, -0.15) is 0 Å². The van der Waals surface area contributed by atoms with E-state index in [9.17, 15) is 0 Å². The van der Waals surface area contributed by atoms with Crippen LogP contribution in [-0.2, 0) is 0 Å². The molecule has 0 saturated heterocycles. The van der Waals surface area contributed by atoms with Crippen molar-refractivity contribution in [1.29, 1.82) is 0 Å². The van der Waals surface area contributed by atoms with E-state index in [4.69, 9.17) is 11.5 Å². The molecule has 0 bridgehead atoms. The molecule has 0 fully saturated rings. The lowest BCUT2D eigenvalue weighted by Crippen LogP contribution is -2.14. The molecule has 0 heterocycles. The van der Waals surface area contributed by atoms with Crippen LogP contribution >= 0.6 is 11.8 Å². The average Bonchev–Trinajstić information content (AvgIpc) is 2.27. The van der Waals surface area contributed by atoms with Gasteiger partial charge in [-0.1, -0.05) is 45.4 Å². The van der Waals surface area contributed by atoms with Gasteiger partial charge in [-0.15, -0.1) is 11.8 Å². The van der Waals surface area contributed by atoms with Crippen LogP contribution in [0.3, 0.4) is 0 Å². The molecule has 1 rings (SSSR count). The Hall–Kier alpha value is -0.510. The fraction of sp³-hybridized carbons (Fsp3) is 0.600. The summed E-state index contributed by atoms with van der Waals surface area (Å²) in [4.78, 5) is 1.31. The molecule has 0 spiro atoms. The summed E-state index contributed by atoms with van der Waals surface area (Å²) in [5.41, 5.74) is 13.1. The Balaban J connectivity index is 2.74. The SMILES string of the molecule is CC(C)(C)Sc1ccccc1[C@@H](N)CCCCN. The number of hydrogen-bond donors (Lipinski definition) is 2. The van der Waals surface area contributed by atoms with Gasteiger partial charge in [0.25, 0.3) is 0 Å². The van der Waals surface area contributed by atoms with Crippen LogP contribution in [-0.4, -0.2) is 11.3 Å². The van der Waals surface area contributed by atoms with Crippen LogP contribution < -0.4 is 11.5 Å². The highest BCUT2D eigenvalue weighted by Gasteiger charge is 2.17. The lowest BCUT2D eigenvalue weighted by molar-refractivity contribution is 0.584. The van der Waals surface area contributed by atoms with Crippen molar-refractivity contribution in [2.24, 2.45) is 11.5 Å². The molecular formula is C15H26N2S. The van der Waals surface area contributed by atoms with Crippen LogP contribution in [0.2, 0.25) is 0 Å². The quantitative estimate of drug-likeness (QED) is 0.609. The van der Waals surface area contributed by atoms with Crippen molar-refractivity contribution in [2.75, 3.05) is 6.54 Å². The molecule has 4 N–H and O–H groups in total. The van der Waals surface area contributed by atoms with Gasteiger partial charge in [-0.3, -0.25) is 0 Å². The van der Waals surface area contributed by atoms with Crippen LogP contribution in [0.4, 0.5) is 0 Å². The zero-order chi connectivity index (χ0) is 13.6. The highest BCUT2D eigenvalue weighted by atomic mass is 32.2. The molecule has 0 amide bonds. The zero-order valence-corrected chi connectivity index (χ0v) is 12.6. The van der Waals surface area contributed by atoms with E-state index in [0.29, 0.717) is 0 Å². The summed E-state index contributed by atoms with van der Waals surface area (Å²) >= 11 is 1.89. The normalized spacial score (nSPS) is 13.6. The number of unbranched alkanes of at least 4 members (excludes halogenated alkanes) is 1. The van der Waals surface area contributed by atoms with E-state index < -0.39 is 0 Å². The fourth-order valence-corrected chi connectivity index (χ4v) is 3.02. The second-order valence-corrected chi connectivity index (χ2v) is 7.51. The molecular weight excluding hydrogens is 240 g/mol. The summed E-state index contributed by atoms with van der Waals surface area (Å²) in [6.45, 7) is 7.45. The highest BCUT2D eigenvalue weighted by molar-refractivity contribution is 8.00. The van der Waals surface area contributed by atoms with Crippen molar-refractivity contribution in [3.63, 3.8) is 0 Å². The smallest absolute Gasteiger partial charge is 0.0306 e. The van der Waals surface area contributed by atoms with E-state index in [2.05, 4.69) is 45.0 Å². The van der Waals surface area contributed by atoms with Gasteiger partial charge >= 0.3 is 0 Å². The minimum atomic E-state index is 0.127. The molecule has 102 valence electrons. The minimum Gasteiger partial charge on any atom is -0.330 e. The van der Waals surface area contributed by atoms with Crippen LogP contribution in [0, 0.1) is 0 Å². The summed E-state index contributed by atoms with van der Waals surface area (Å²) in [5.74, 6) is 0. The third kappa shape index (κ3) is 5.42. The van der Waals surface area contributed by atoms with Gasteiger partial charge in [0, 0.05) is 15.7 Å². The molecule has 0 aromatic heterocycles. The predicted molar refractivity (Wildman–Crippen MR) is 81.9 cm³/mol. The van der Waals surface area contributed by atoms with Gasteiger partial charge in [-0.25, -0.2) is 0 Å². The molecule has 0 aliphatic heterocycles. The molecule has 1 atom stereocenters. The van der Waals surface area contributed by atoms with Gasteiger partial charge in [0.15, 0.2) is 0 Å². The summed E-state index contributed by atoms with van der Waals surface area (Å²) < 4.78 is 0.215. The Morgan fingerprint density at radius 1 is 1.17 bits per heavy atom. The maximum Gasteiger partial charge on any atom is 0.0306 e. The molecule has 0 unspecified atom stereocenters. The standard InChI is InChI=1S/C15H26N2S/c1-15(2,3)18-14-10-5-4-8-12(14)13(17)9-6-7-11-16/h4-5,8,10,13H,6-7,9,11,16-17H2,1-3H3/t13-/m0/s1. The van der Waals surface area contributed by atoms with Crippen LogP contribution in [0.15, 0.2) is 29.2 Å². The monoisotopic (exact) mass is 266 g/mol. The Morgan fingerprint density at radius 3 is 2.44 bits per heavy atom. The number of nitrogens with two attached hydrogens (primary N) is 2. The van der Waals surface area contributed by atoms with E-state index in [1.165, 1.54) is 10.5 Å². The van der Waals surface area contributed by atoms with Gasteiger partial charge in [0.1, 0.15) is 0 Å². The van der Waals surface area contributed by atoms with Crippen molar-refractivity contribution in [2.45, 2.75) is 55.7 Å². The Labute approximate surface area is 116 Å². The molecule has 3 heteroatoms. The predicted octanol–water partition coefficient (Wildman–Crippen LogP) is 3.71. The lowest BCUT2D eigenvalue weighted by Gasteiger charge is -2.22. The van der Waals surface area contributed by atoms with E-state index >= 15 is 0 Å². The molecule has 1 aromatic rings. The number of benzene rings is 1. The first-order valence-corrected chi connectivity index (χ1v) is 7.49. The topological polar surface area (TPSA) is 52.0 Å². The first kappa shape index (κ1) is 15.5. The summed E-state index contributed by atoms with van der Waals surface area (Å²) in [6.07, 6.45) is 3.17. The van der Waals surface area contributed by atoms with Gasteiger partial charge < -0.3 is 11.5 Å². The number of hydrogen-bond acceptors (Lipinski definition) is 3. The van der Waals surface area contributed by atoms with Crippen molar-refractivity contribution in [1.82, 2.24) is 0 Å². The van der Waals surface area contributed by atoms with E-state index in [1.54, 1.807) is 0 Å². The van der Waals surface area contributed by atoms with E-state index in [-0.39, 0.29) is 10.8 Å². The third-order valence-electron chi connectivity index (χ3n) is 2.70. The molecule has 0 saturated carbocycles. The first-order valence-electron chi connectivity index (χ1n) is 6.67. The van der Waals surface area contributed by atoms with Crippen molar-refractivity contribution >= 4 is 11.8 Å². The maximum atomic E-state index is 6.30. The van der Waals surface area contributed by atoms with Crippen molar-refractivity contribution < 1.29 is 0 Å². The fourth-order valence-electron chi connectivity index (χ4n) is 1.87. The summed E-state index contributed by atoms with van der Waals surface area (Å²) in [7, 11) is 0. The number of rotatable bonds is 6. The number of thioether (sulfide) groups is 1. The van der Waals surface area contributed by atoms with Crippen molar-refractivity contribution in [3.05, 3.63) is 29.8 Å². The Morgan fingerprint density at radius 2 is 1.83 bits per heavy atom. The minimum absolute atomic E-state index is 0.127. The summed E-state index contributed by atoms with van der Waals surface area (Å²) in [5, 5.41) is 0. The largest absolute Gasteiger partial charge is 0.330 e. The van der Waals surface area contributed by atoms with Gasteiger partial charge in [-0.05, 0) is 31.0 Å².